The Labute approximate surface area is 105 Å². The molecule has 18 heavy (non-hydrogen) atoms. The lowest BCUT2D eigenvalue weighted by Gasteiger charge is -2.06. The third kappa shape index (κ3) is 2.79. The number of phenols is 2. The van der Waals surface area contributed by atoms with E-state index in [-0.39, 0.29) is 17.4 Å². The maximum absolute atomic E-state index is 10.9. The first-order chi connectivity index (χ1) is 8.54. The number of amides is 1. The van der Waals surface area contributed by atoms with Crippen molar-refractivity contribution < 1.29 is 15.0 Å². The molecule has 0 radical (unpaired) electrons. The zero-order valence-electron chi connectivity index (χ0n) is 9.84. The Kier molecular flexibility index (Phi) is 3.19. The minimum atomic E-state index is -0.127. The Balaban J connectivity index is 2.31. The Hall–Kier alpha value is -2.49. The van der Waals surface area contributed by atoms with Gasteiger partial charge in [-0.1, -0.05) is 12.1 Å². The molecule has 0 unspecified atom stereocenters. The molecule has 92 valence electrons. The molecule has 3 N–H and O–H groups in total. The fourth-order valence-electron chi connectivity index (χ4n) is 1.71. The van der Waals surface area contributed by atoms with Crippen LogP contribution < -0.4 is 5.32 Å². The summed E-state index contributed by atoms with van der Waals surface area (Å²) in [5.74, 6) is -0.107. The Morgan fingerprint density at radius 1 is 0.944 bits per heavy atom. The van der Waals surface area contributed by atoms with Gasteiger partial charge < -0.3 is 15.5 Å². The summed E-state index contributed by atoms with van der Waals surface area (Å²) in [4.78, 5) is 10.9. The number of phenolic OH excluding ortho intramolecular Hbond substituents is 2. The van der Waals surface area contributed by atoms with E-state index < -0.39 is 0 Å². The zero-order chi connectivity index (χ0) is 13.1. The Bertz CT molecular complexity index is 556. The molecule has 0 fully saturated rings. The van der Waals surface area contributed by atoms with Crippen molar-refractivity contribution in [2.45, 2.75) is 6.92 Å². The number of aromatic hydroxyl groups is 2. The molecule has 2 aromatic carbocycles. The van der Waals surface area contributed by atoms with E-state index in [1.807, 2.05) is 0 Å². The van der Waals surface area contributed by atoms with Crippen LogP contribution in [0.3, 0.4) is 0 Å². The lowest BCUT2D eigenvalue weighted by Crippen LogP contribution is -2.05. The lowest BCUT2D eigenvalue weighted by atomic mass is 10.0. The molecule has 1 amide bonds. The van der Waals surface area contributed by atoms with Crippen LogP contribution in [0.15, 0.2) is 42.5 Å². The summed E-state index contributed by atoms with van der Waals surface area (Å²) in [6, 6.07) is 11.5. The van der Waals surface area contributed by atoms with E-state index >= 15 is 0 Å². The second-order valence-corrected chi connectivity index (χ2v) is 4.00. The van der Waals surface area contributed by atoms with Crippen LogP contribution in [0.2, 0.25) is 0 Å². The van der Waals surface area contributed by atoms with Gasteiger partial charge in [0.2, 0.25) is 5.91 Å². The van der Waals surface area contributed by atoms with Crippen molar-refractivity contribution >= 4 is 11.6 Å². The number of rotatable bonds is 2. The second-order valence-electron chi connectivity index (χ2n) is 4.00. The summed E-state index contributed by atoms with van der Waals surface area (Å²) < 4.78 is 0. The monoisotopic (exact) mass is 243 g/mol. The van der Waals surface area contributed by atoms with E-state index in [1.54, 1.807) is 36.4 Å². The fourth-order valence-corrected chi connectivity index (χ4v) is 1.71. The van der Waals surface area contributed by atoms with Gasteiger partial charge in [0.25, 0.3) is 0 Å². The molecular formula is C14H13NO3. The van der Waals surface area contributed by atoms with E-state index in [1.165, 1.54) is 13.0 Å². The quantitative estimate of drug-likeness (QED) is 0.759. The van der Waals surface area contributed by atoms with E-state index in [2.05, 4.69) is 5.32 Å². The van der Waals surface area contributed by atoms with Gasteiger partial charge in [-0.15, -0.1) is 0 Å². The van der Waals surface area contributed by atoms with Crippen LogP contribution in [-0.4, -0.2) is 16.1 Å². The van der Waals surface area contributed by atoms with Crippen molar-refractivity contribution in [1.82, 2.24) is 0 Å². The van der Waals surface area contributed by atoms with Crippen LogP contribution in [0, 0.1) is 0 Å². The summed E-state index contributed by atoms with van der Waals surface area (Å²) in [6.45, 7) is 1.45. The van der Waals surface area contributed by atoms with Crippen LogP contribution >= 0.6 is 0 Å². The third-order valence-corrected chi connectivity index (χ3v) is 2.44. The summed E-state index contributed by atoms with van der Waals surface area (Å²) in [5, 5.41) is 21.5. The molecule has 4 heteroatoms. The standard InChI is InChI=1S/C14H13NO3/c1-9(16)15-12-4-2-10(3-5-12)11-6-13(17)8-14(18)7-11/h2-8,17-18H,1H3,(H,15,16). The van der Waals surface area contributed by atoms with E-state index in [0.717, 1.165) is 5.56 Å². The number of hydrogen-bond acceptors (Lipinski definition) is 3. The number of anilines is 1. The number of benzene rings is 2. The van der Waals surface area contributed by atoms with Crippen molar-refractivity contribution in [3.63, 3.8) is 0 Å². The molecule has 4 nitrogen and oxygen atoms in total. The van der Waals surface area contributed by atoms with Crippen molar-refractivity contribution in [2.75, 3.05) is 5.32 Å². The highest BCUT2D eigenvalue weighted by atomic mass is 16.3. The van der Waals surface area contributed by atoms with Crippen LogP contribution in [0.25, 0.3) is 11.1 Å². The molecule has 2 rings (SSSR count). The summed E-state index contributed by atoms with van der Waals surface area (Å²) >= 11 is 0. The Morgan fingerprint density at radius 2 is 1.50 bits per heavy atom. The molecule has 0 saturated carbocycles. The van der Waals surface area contributed by atoms with Gasteiger partial charge in [-0.2, -0.15) is 0 Å². The SMILES string of the molecule is CC(=O)Nc1ccc(-c2cc(O)cc(O)c2)cc1. The number of carbonyl (C=O) groups is 1. The molecular weight excluding hydrogens is 230 g/mol. The maximum Gasteiger partial charge on any atom is 0.221 e. The molecule has 0 aromatic heterocycles. The highest BCUT2D eigenvalue weighted by molar-refractivity contribution is 5.89. The smallest absolute Gasteiger partial charge is 0.221 e. The van der Waals surface area contributed by atoms with Crippen LogP contribution in [0.4, 0.5) is 5.69 Å². The van der Waals surface area contributed by atoms with Crippen molar-refractivity contribution in [3.8, 4) is 22.6 Å². The fraction of sp³-hybridized carbons (Fsp3) is 0.0714. The molecule has 0 aliphatic heterocycles. The molecule has 0 heterocycles. The highest BCUT2D eigenvalue weighted by Gasteiger charge is 2.02. The lowest BCUT2D eigenvalue weighted by molar-refractivity contribution is -0.114. The van der Waals surface area contributed by atoms with E-state index in [9.17, 15) is 15.0 Å². The van der Waals surface area contributed by atoms with Crippen molar-refractivity contribution in [1.29, 1.82) is 0 Å². The highest BCUT2D eigenvalue weighted by Crippen LogP contribution is 2.29. The minimum absolute atomic E-state index is 0.0101. The van der Waals surface area contributed by atoms with E-state index in [4.69, 9.17) is 0 Å². The van der Waals surface area contributed by atoms with Gasteiger partial charge in [-0.3, -0.25) is 4.79 Å². The number of carbonyl (C=O) groups excluding carboxylic acids is 1. The van der Waals surface area contributed by atoms with Gasteiger partial charge in [0.05, 0.1) is 0 Å². The topological polar surface area (TPSA) is 69.6 Å². The van der Waals surface area contributed by atoms with Gasteiger partial charge in [-0.25, -0.2) is 0 Å². The predicted octanol–water partition coefficient (Wildman–Crippen LogP) is 2.72. The number of nitrogens with one attached hydrogen (secondary N) is 1. The average Bonchev–Trinajstić information content (AvgIpc) is 2.27. The summed E-state index contributed by atoms with van der Waals surface area (Å²) in [5.41, 5.74) is 2.26. The minimum Gasteiger partial charge on any atom is -0.508 e. The van der Waals surface area contributed by atoms with Crippen molar-refractivity contribution in [3.05, 3.63) is 42.5 Å². The summed E-state index contributed by atoms with van der Waals surface area (Å²) in [6.07, 6.45) is 0. The molecule has 0 atom stereocenters. The molecule has 0 aliphatic carbocycles. The average molecular weight is 243 g/mol. The molecule has 2 aromatic rings. The maximum atomic E-state index is 10.9. The van der Waals surface area contributed by atoms with Gasteiger partial charge >= 0.3 is 0 Å². The predicted molar refractivity (Wildman–Crippen MR) is 69.5 cm³/mol. The zero-order valence-corrected chi connectivity index (χ0v) is 9.84. The summed E-state index contributed by atoms with van der Waals surface area (Å²) in [7, 11) is 0. The van der Waals surface area contributed by atoms with E-state index in [0.29, 0.717) is 11.3 Å². The molecule has 0 spiro atoms. The van der Waals surface area contributed by atoms with Gasteiger partial charge in [0.15, 0.2) is 0 Å². The van der Waals surface area contributed by atoms with Crippen molar-refractivity contribution in [2.24, 2.45) is 0 Å². The first kappa shape index (κ1) is 12.0. The number of hydrogen-bond donors (Lipinski definition) is 3. The second kappa shape index (κ2) is 4.79. The first-order valence-electron chi connectivity index (χ1n) is 5.45. The van der Waals surface area contributed by atoms with Crippen LogP contribution in [0.1, 0.15) is 6.92 Å². The normalized spacial score (nSPS) is 10.1. The molecule has 0 bridgehead atoms. The molecule has 0 saturated heterocycles. The van der Waals surface area contributed by atoms with Gasteiger partial charge in [-0.05, 0) is 35.4 Å². The first-order valence-corrected chi connectivity index (χ1v) is 5.45. The van der Waals surface area contributed by atoms with Crippen LogP contribution in [0.5, 0.6) is 11.5 Å². The molecule has 0 aliphatic rings. The van der Waals surface area contributed by atoms with Crippen LogP contribution in [-0.2, 0) is 4.79 Å². The Morgan fingerprint density at radius 3 is 2.00 bits per heavy atom. The van der Waals surface area contributed by atoms with Gasteiger partial charge in [0.1, 0.15) is 11.5 Å². The third-order valence-electron chi connectivity index (χ3n) is 2.44. The van der Waals surface area contributed by atoms with Gasteiger partial charge in [0, 0.05) is 18.7 Å². The largest absolute Gasteiger partial charge is 0.508 e.